The Kier molecular flexibility index (Phi) is 4.20. The fourth-order valence-corrected chi connectivity index (χ4v) is 2.62. The highest BCUT2D eigenvalue weighted by Crippen LogP contribution is 2.24. The Morgan fingerprint density at radius 1 is 1.41 bits per heavy atom. The summed E-state index contributed by atoms with van der Waals surface area (Å²) < 4.78 is 20.5. The van der Waals surface area contributed by atoms with Crippen molar-refractivity contribution in [2.75, 3.05) is 19.7 Å². The van der Waals surface area contributed by atoms with Crippen molar-refractivity contribution in [2.24, 2.45) is 0 Å². The first-order valence-electron chi connectivity index (χ1n) is 7.28. The van der Waals surface area contributed by atoms with E-state index in [4.69, 9.17) is 4.74 Å². The third-order valence-electron chi connectivity index (χ3n) is 3.95. The molecule has 0 aliphatic carbocycles. The number of imidazole rings is 1. The molecule has 0 spiro atoms. The van der Waals surface area contributed by atoms with Crippen LogP contribution in [0.3, 0.4) is 0 Å². The number of hydrogen-bond acceptors (Lipinski definition) is 3. The molecule has 2 atom stereocenters. The number of nitrogens with zero attached hydrogens (tertiary/aromatic N) is 3. The van der Waals surface area contributed by atoms with Gasteiger partial charge in [-0.1, -0.05) is 12.1 Å². The normalized spacial score (nSPS) is 19.9. The molecule has 1 fully saturated rings. The SMILES string of the molecule is C[C@H](C(=O)N1CCO[C@H](c2ccc(F)cc2)C1)n1ccnc1. The predicted octanol–water partition coefficient (Wildman–Crippen LogP) is 2.18. The van der Waals surface area contributed by atoms with Crippen LogP contribution >= 0.6 is 0 Å². The minimum absolute atomic E-state index is 0.0356. The quantitative estimate of drug-likeness (QED) is 0.873. The highest BCUT2D eigenvalue weighted by molar-refractivity contribution is 5.80. The monoisotopic (exact) mass is 303 g/mol. The summed E-state index contributed by atoms with van der Waals surface area (Å²) in [6.07, 6.45) is 4.86. The fraction of sp³-hybridized carbons (Fsp3) is 0.375. The van der Waals surface area contributed by atoms with E-state index in [0.29, 0.717) is 19.7 Å². The van der Waals surface area contributed by atoms with Gasteiger partial charge in [0.25, 0.3) is 0 Å². The summed E-state index contributed by atoms with van der Waals surface area (Å²) >= 11 is 0. The summed E-state index contributed by atoms with van der Waals surface area (Å²) in [5, 5.41) is 0. The van der Waals surface area contributed by atoms with E-state index in [2.05, 4.69) is 4.98 Å². The number of rotatable bonds is 3. The summed E-state index contributed by atoms with van der Waals surface area (Å²) in [6.45, 7) is 3.37. The van der Waals surface area contributed by atoms with Crippen molar-refractivity contribution in [1.82, 2.24) is 14.5 Å². The molecule has 0 radical (unpaired) electrons. The number of halogens is 1. The Bertz CT molecular complexity index is 627. The molecule has 3 rings (SSSR count). The van der Waals surface area contributed by atoms with Crippen molar-refractivity contribution < 1.29 is 13.9 Å². The first kappa shape index (κ1) is 14.7. The molecule has 1 aliphatic heterocycles. The molecule has 0 bridgehead atoms. The Balaban J connectivity index is 1.70. The zero-order valence-electron chi connectivity index (χ0n) is 12.4. The molecule has 1 aromatic heterocycles. The molecular weight excluding hydrogens is 285 g/mol. The molecular formula is C16H18FN3O2. The molecule has 1 aromatic carbocycles. The van der Waals surface area contributed by atoms with Gasteiger partial charge in [0.1, 0.15) is 18.0 Å². The number of amides is 1. The van der Waals surface area contributed by atoms with E-state index in [1.165, 1.54) is 12.1 Å². The van der Waals surface area contributed by atoms with Crippen LogP contribution in [0.15, 0.2) is 43.0 Å². The van der Waals surface area contributed by atoms with Crippen molar-refractivity contribution in [2.45, 2.75) is 19.1 Å². The van der Waals surface area contributed by atoms with E-state index in [1.54, 1.807) is 40.3 Å². The van der Waals surface area contributed by atoms with Gasteiger partial charge in [0.15, 0.2) is 0 Å². The van der Waals surface area contributed by atoms with Crippen molar-refractivity contribution in [3.05, 3.63) is 54.4 Å². The average Bonchev–Trinajstić information content (AvgIpc) is 3.09. The predicted molar refractivity (Wildman–Crippen MR) is 78.6 cm³/mol. The van der Waals surface area contributed by atoms with Crippen LogP contribution in [0.1, 0.15) is 24.6 Å². The van der Waals surface area contributed by atoms with E-state index in [0.717, 1.165) is 5.56 Å². The smallest absolute Gasteiger partial charge is 0.245 e. The lowest BCUT2D eigenvalue weighted by Gasteiger charge is -2.34. The largest absolute Gasteiger partial charge is 0.370 e. The highest BCUT2D eigenvalue weighted by atomic mass is 19.1. The number of carbonyl (C=O) groups is 1. The number of hydrogen-bond donors (Lipinski definition) is 0. The van der Waals surface area contributed by atoms with Gasteiger partial charge in [0, 0.05) is 18.9 Å². The molecule has 1 aliphatic rings. The van der Waals surface area contributed by atoms with Crippen LogP contribution in [0.2, 0.25) is 0 Å². The van der Waals surface area contributed by atoms with Crippen LogP contribution in [0.25, 0.3) is 0 Å². The number of aromatic nitrogens is 2. The fourth-order valence-electron chi connectivity index (χ4n) is 2.62. The third-order valence-corrected chi connectivity index (χ3v) is 3.95. The highest BCUT2D eigenvalue weighted by Gasteiger charge is 2.28. The first-order valence-corrected chi connectivity index (χ1v) is 7.28. The van der Waals surface area contributed by atoms with Gasteiger partial charge in [-0.2, -0.15) is 0 Å². The molecule has 116 valence electrons. The van der Waals surface area contributed by atoms with Gasteiger partial charge in [-0.3, -0.25) is 4.79 Å². The zero-order chi connectivity index (χ0) is 15.5. The van der Waals surface area contributed by atoms with Crippen molar-refractivity contribution >= 4 is 5.91 Å². The molecule has 1 amide bonds. The summed E-state index contributed by atoms with van der Waals surface area (Å²) in [7, 11) is 0. The lowest BCUT2D eigenvalue weighted by atomic mass is 10.1. The lowest BCUT2D eigenvalue weighted by Crippen LogP contribution is -2.44. The minimum atomic E-state index is -0.297. The van der Waals surface area contributed by atoms with Crippen molar-refractivity contribution in [3.63, 3.8) is 0 Å². The summed E-state index contributed by atoms with van der Waals surface area (Å²) in [5.74, 6) is -0.241. The first-order chi connectivity index (χ1) is 10.6. The maximum absolute atomic E-state index is 13.0. The second kappa shape index (κ2) is 6.27. The third kappa shape index (κ3) is 3.01. The number of carbonyl (C=O) groups excluding carboxylic acids is 1. The number of morpholine rings is 1. The molecule has 2 heterocycles. The van der Waals surface area contributed by atoms with Gasteiger partial charge in [0.2, 0.25) is 5.91 Å². The molecule has 5 nitrogen and oxygen atoms in total. The van der Waals surface area contributed by atoms with E-state index in [1.807, 2.05) is 6.92 Å². The van der Waals surface area contributed by atoms with Gasteiger partial charge >= 0.3 is 0 Å². The van der Waals surface area contributed by atoms with Gasteiger partial charge in [0.05, 0.1) is 19.5 Å². The Morgan fingerprint density at radius 2 is 2.18 bits per heavy atom. The summed E-state index contributed by atoms with van der Waals surface area (Å²) in [4.78, 5) is 18.4. The molecule has 0 saturated carbocycles. The minimum Gasteiger partial charge on any atom is -0.370 e. The Hall–Kier alpha value is -2.21. The molecule has 0 N–H and O–H groups in total. The molecule has 2 aromatic rings. The molecule has 0 unspecified atom stereocenters. The standard InChI is InChI=1S/C16H18FN3O2/c1-12(20-7-6-18-11-20)16(21)19-8-9-22-15(10-19)13-2-4-14(17)5-3-13/h2-7,11-12,15H,8-10H2,1H3/t12-,15+/m1/s1. The second-order valence-electron chi connectivity index (χ2n) is 5.38. The number of ether oxygens (including phenoxy) is 1. The Labute approximate surface area is 128 Å². The number of benzene rings is 1. The van der Waals surface area contributed by atoms with Gasteiger partial charge < -0.3 is 14.2 Å². The molecule has 22 heavy (non-hydrogen) atoms. The lowest BCUT2D eigenvalue weighted by molar-refractivity contribution is -0.142. The maximum Gasteiger partial charge on any atom is 0.245 e. The van der Waals surface area contributed by atoms with E-state index in [9.17, 15) is 9.18 Å². The van der Waals surface area contributed by atoms with E-state index >= 15 is 0 Å². The van der Waals surface area contributed by atoms with Gasteiger partial charge in [-0.05, 0) is 24.6 Å². The van der Waals surface area contributed by atoms with Gasteiger partial charge in [-0.15, -0.1) is 0 Å². The van der Waals surface area contributed by atoms with E-state index < -0.39 is 0 Å². The molecule has 1 saturated heterocycles. The van der Waals surface area contributed by atoms with Crippen molar-refractivity contribution in [3.8, 4) is 0 Å². The van der Waals surface area contributed by atoms with Crippen LogP contribution in [-0.2, 0) is 9.53 Å². The summed E-state index contributed by atoms with van der Waals surface area (Å²) in [6, 6.07) is 5.93. The van der Waals surface area contributed by atoms with Crippen molar-refractivity contribution in [1.29, 1.82) is 0 Å². The Morgan fingerprint density at radius 3 is 2.86 bits per heavy atom. The van der Waals surface area contributed by atoms with Crippen LogP contribution in [-0.4, -0.2) is 40.1 Å². The summed E-state index contributed by atoms with van der Waals surface area (Å²) in [5.41, 5.74) is 0.884. The van der Waals surface area contributed by atoms with E-state index in [-0.39, 0.29) is 23.9 Å². The van der Waals surface area contributed by atoms with Crippen LogP contribution < -0.4 is 0 Å². The van der Waals surface area contributed by atoms with Crippen LogP contribution in [0.4, 0.5) is 4.39 Å². The van der Waals surface area contributed by atoms with Crippen LogP contribution in [0.5, 0.6) is 0 Å². The van der Waals surface area contributed by atoms with Crippen LogP contribution in [0, 0.1) is 5.82 Å². The molecule has 6 heteroatoms. The topological polar surface area (TPSA) is 47.4 Å². The second-order valence-corrected chi connectivity index (χ2v) is 5.38. The average molecular weight is 303 g/mol. The zero-order valence-corrected chi connectivity index (χ0v) is 12.4. The maximum atomic E-state index is 13.0. The van der Waals surface area contributed by atoms with Gasteiger partial charge in [-0.25, -0.2) is 9.37 Å².